The van der Waals surface area contributed by atoms with Crippen molar-refractivity contribution in [1.82, 2.24) is 0 Å². The minimum Gasteiger partial charge on any atom is -0.455 e. The van der Waals surface area contributed by atoms with Crippen molar-refractivity contribution in [2.75, 3.05) is 11.9 Å². The molecule has 1 amide bonds. The molecule has 19 heavy (non-hydrogen) atoms. The van der Waals surface area contributed by atoms with Crippen molar-refractivity contribution >= 4 is 33.5 Å². The Bertz CT molecular complexity index is 521. The fourth-order valence-electron chi connectivity index (χ4n) is 1.67. The maximum absolute atomic E-state index is 13.4. The summed E-state index contributed by atoms with van der Waals surface area (Å²) >= 11 is 3.12. The van der Waals surface area contributed by atoms with E-state index in [1.54, 1.807) is 6.07 Å². The van der Waals surface area contributed by atoms with E-state index in [4.69, 9.17) is 4.74 Å². The molecular weight excluding hydrogens is 317 g/mol. The highest BCUT2D eigenvalue weighted by molar-refractivity contribution is 9.10. The summed E-state index contributed by atoms with van der Waals surface area (Å²) in [6, 6.07) is 4.28. The van der Waals surface area contributed by atoms with Gasteiger partial charge >= 0.3 is 5.97 Å². The average molecular weight is 330 g/mol. The quantitative estimate of drug-likeness (QED) is 0.864. The molecular formula is C13H13BrFNO3. The van der Waals surface area contributed by atoms with Gasteiger partial charge in [0.05, 0.1) is 11.6 Å². The van der Waals surface area contributed by atoms with E-state index in [-0.39, 0.29) is 17.6 Å². The molecule has 1 saturated carbocycles. The van der Waals surface area contributed by atoms with Gasteiger partial charge in [-0.3, -0.25) is 9.59 Å². The van der Waals surface area contributed by atoms with Gasteiger partial charge in [0.2, 0.25) is 0 Å². The van der Waals surface area contributed by atoms with Gasteiger partial charge in [-0.15, -0.1) is 0 Å². The van der Waals surface area contributed by atoms with E-state index in [0.29, 0.717) is 10.4 Å². The van der Waals surface area contributed by atoms with Crippen LogP contribution in [0, 0.1) is 17.7 Å². The van der Waals surface area contributed by atoms with Crippen LogP contribution in [0.1, 0.15) is 13.3 Å². The van der Waals surface area contributed by atoms with Crippen molar-refractivity contribution in [3.63, 3.8) is 0 Å². The second-order valence-corrected chi connectivity index (χ2v) is 5.52. The molecule has 0 heterocycles. The first-order chi connectivity index (χ1) is 8.97. The molecule has 4 nitrogen and oxygen atoms in total. The summed E-state index contributed by atoms with van der Waals surface area (Å²) < 4.78 is 18.9. The van der Waals surface area contributed by atoms with Crippen molar-refractivity contribution in [3.05, 3.63) is 28.5 Å². The molecule has 0 aromatic heterocycles. The maximum Gasteiger partial charge on any atom is 0.309 e. The minimum atomic E-state index is -0.553. The summed E-state index contributed by atoms with van der Waals surface area (Å²) in [5.74, 6) is -1.22. The van der Waals surface area contributed by atoms with Crippen LogP contribution in [0.3, 0.4) is 0 Å². The molecule has 0 unspecified atom stereocenters. The van der Waals surface area contributed by atoms with Crippen molar-refractivity contribution < 1.29 is 18.7 Å². The van der Waals surface area contributed by atoms with E-state index in [2.05, 4.69) is 21.2 Å². The van der Waals surface area contributed by atoms with Crippen molar-refractivity contribution in [2.24, 2.45) is 11.8 Å². The predicted molar refractivity (Wildman–Crippen MR) is 71.0 cm³/mol. The first-order valence-corrected chi connectivity index (χ1v) is 6.68. The summed E-state index contributed by atoms with van der Waals surface area (Å²) in [7, 11) is 0. The Morgan fingerprint density at radius 1 is 1.53 bits per heavy atom. The smallest absolute Gasteiger partial charge is 0.309 e. The third kappa shape index (κ3) is 3.76. The van der Waals surface area contributed by atoms with Crippen LogP contribution in [0.15, 0.2) is 22.7 Å². The van der Waals surface area contributed by atoms with Gasteiger partial charge in [0.15, 0.2) is 6.61 Å². The molecule has 0 bridgehead atoms. The first-order valence-electron chi connectivity index (χ1n) is 5.89. The zero-order chi connectivity index (χ0) is 14.0. The molecule has 1 aromatic carbocycles. The molecule has 1 aliphatic carbocycles. The molecule has 1 aliphatic rings. The van der Waals surface area contributed by atoms with E-state index in [9.17, 15) is 14.0 Å². The normalized spacial score (nSPS) is 20.8. The van der Waals surface area contributed by atoms with Crippen LogP contribution in [-0.4, -0.2) is 18.5 Å². The third-order valence-corrected chi connectivity index (χ3v) is 3.46. The maximum atomic E-state index is 13.4. The Morgan fingerprint density at radius 2 is 2.21 bits per heavy atom. The summed E-state index contributed by atoms with van der Waals surface area (Å²) in [6.07, 6.45) is 0.807. The Kier molecular flexibility index (Phi) is 4.19. The number of hydrogen-bond donors (Lipinski definition) is 1. The standard InChI is InChI=1S/C13H13BrFNO3/c1-7-4-9(7)13(18)19-6-12(17)16-11-3-2-8(14)5-10(11)15/h2-3,5,7,9H,4,6H2,1H3,(H,16,17)/t7-,9-/m0/s1. The number of halogens is 2. The van der Waals surface area contributed by atoms with Gasteiger partial charge in [-0.2, -0.15) is 0 Å². The van der Waals surface area contributed by atoms with Gasteiger partial charge in [-0.1, -0.05) is 22.9 Å². The zero-order valence-corrected chi connectivity index (χ0v) is 11.9. The van der Waals surface area contributed by atoms with Gasteiger partial charge in [-0.05, 0) is 30.5 Å². The van der Waals surface area contributed by atoms with E-state index < -0.39 is 18.3 Å². The number of nitrogens with one attached hydrogen (secondary N) is 1. The summed E-state index contributed by atoms with van der Waals surface area (Å²) in [5, 5.41) is 2.35. The van der Waals surface area contributed by atoms with Crippen molar-refractivity contribution in [3.8, 4) is 0 Å². The van der Waals surface area contributed by atoms with Crippen LogP contribution in [0.4, 0.5) is 10.1 Å². The molecule has 0 aliphatic heterocycles. The number of esters is 1. The Morgan fingerprint density at radius 3 is 2.79 bits per heavy atom. The highest BCUT2D eigenvalue weighted by Gasteiger charge is 2.40. The number of carbonyl (C=O) groups excluding carboxylic acids is 2. The summed E-state index contributed by atoms with van der Waals surface area (Å²) in [5.41, 5.74) is 0.0593. The molecule has 1 fully saturated rings. The zero-order valence-electron chi connectivity index (χ0n) is 10.3. The Labute approximate surface area is 118 Å². The van der Waals surface area contributed by atoms with Crippen molar-refractivity contribution in [2.45, 2.75) is 13.3 Å². The molecule has 1 aromatic rings. The Hall–Kier alpha value is -1.43. The lowest BCUT2D eigenvalue weighted by molar-refractivity contribution is -0.148. The van der Waals surface area contributed by atoms with E-state index in [1.807, 2.05) is 6.92 Å². The van der Waals surface area contributed by atoms with Gasteiger partial charge < -0.3 is 10.1 Å². The fourth-order valence-corrected chi connectivity index (χ4v) is 2.00. The average Bonchev–Trinajstić information content (AvgIpc) is 3.07. The molecule has 0 spiro atoms. The SMILES string of the molecule is C[C@H]1C[C@@H]1C(=O)OCC(=O)Nc1ccc(Br)cc1F. The number of rotatable bonds is 4. The third-order valence-electron chi connectivity index (χ3n) is 2.96. The summed E-state index contributed by atoms with van der Waals surface area (Å²) in [6.45, 7) is 1.56. The minimum absolute atomic E-state index is 0.0593. The van der Waals surface area contributed by atoms with Crippen LogP contribution in [0.2, 0.25) is 0 Å². The van der Waals surface area contributed by atoms with Gasteiger partial charge in [0.25, 0.3) is 5.91 Å². The van der Waals surface area contributed by atoms with Crippen LogP contribution < -0.4 is 5.32 Å². The van der Waals surface area contributed by atoms with Gasteiger partial charge in [0, 0.05) is 4.47 Å². The number of carbonyl (C=O) groups is 2. The second-order valence-electron chi connectivity index (χ2n) is 4.60. The van der Waals surface area contributed by atoms with Crippen LogP contribution in [0.5, 0.6) is 0 Å². The molecule has 102 valence electrons. The molecule has 0 saturated heterocycles. The van der Waals surface area contributed by atoms with Crippen LogP contribution in [0.25, 0.3) is 0 Å². The Balaban J connectivity index is 1.82. The number of anilines is 1. The van der Waals surface area contributed by atoms with E-state index in [0.717, 1.165) is 6.42 Å². The van der Waals surface area contributed by atoms with E-state index >= 15 is 0 Å². The van der Waals surface area contributed by atoms with E-state index in [1.165, 1.54) is 12.1 Å². The largest absolute Gasteiger partial charge is 0.455 e. The molecule has 0 radical (unpaired) electrons. The number of ether oxygens (including phenoxy) is 1. The highest BCUT2D eigenvalue weighted by atomic mass is 79.9. The van der Waals surface area contributed by atoms with Gasteiger partial charge in [0.1, 0.15) is 5.82 Å². The predicted octanol–water partition coefficient (Wildman–Crippen LogP) is 2.73. The lowest BCUT2D eigenvalue weighted by atomic mass is 10.3. The second kappa shape index (κ2) is 5.69. The van der Waals surface area contributed by atoms with Crippen LogP contribution >= 0.6 is 15.9 Å². The lowest BCUT2D eigenvalue weighted by Crippen LogP contribution is -2.22. The summed E-state index contributed by atoms with van der Waals surface area (Å²) in [4.78, 5) is 22.9. The lowest BCUT2D eigenvalue weighted by Gasteiger charge is -2.07. The van der Waals surface area contributed by atoms with Crippen LogP contribution in [-0.2, 0) is 14.3 Å². The topological polar surface area (TPSA) is 55.4 Å². The van der Waals surface area contributed by atoms with Gasteiger partial charge in [-0.25, -0.2) is 4.39 Å². The number of benzene rings is 1. The first kappa shape index (κ1) is 14.0. The number of hydrogen-bond acceptors (Lipinski definition) is 3. The number of amides is 1. The highest BCUT2D eigenvalue weighted by Crippen LogP contribution is 2.38. The monoisotopic (exact) mass is 329 g/mol. The van der Waals surface area contributed by atoms with Crippen molar-refractivity contribution in [1.29, 1.82) is 0 Å². The fraction of sp³-hybridized carbons (Fsp3) is 0.385. The molecule has 1 N–H and O–H groups in total. The molecule has 2 rings (SSSR count). The molecule has 2 atom stereocenters. The molecule has 6 heteroatoms.